The molecule has 0 spiro atoms. The normalized spacial score (nSPS) is 11.2. The molecule has 10 heteroatoms. The van der Waals surface area contributed by atoms with Crippen LogP contribution in [-0.4, -0.2) is 15.8 Å². The van der Waals surface area contributed by atoms with Crippen molar-refractivity contribution in [3.05, 3.63) is 85.7 Å². The van der Waals surface area contributed by atoms with Crippen molar-refractivity contribution < 1.29 is 14.1 Å². The Morgan fingerprint density at radius 1 is 1.09 bits per heavy atom. The van der Waals surface area contributed by atoms with Crippen molar-refractivity contribution in [2.45, 2.75) is 0 Å². The van der Waals surface area contributed by atoms with E-state index in [2.05, 4.69) is 10.3 Å². The Morgan fingerprint density at radius 3 is 2.69 bits per heavy atom. The van der Waals surface area contributed by atoms with Gasteiger partial charge in [0.1, 0.15) is 15.1 Å². The molecule has 32 heavy (non-hydrogen) atoms. The molecule has 2 heterocycles. The number of fused-ring (bicyclic) bond motifs is 2. The summed E-state index contributed by atoms with van der Waals surface area (Å²) in [6.45, 7) is 0. The smallest absolute Gasteiger partial charge is 0.287 e. The first-order valence-corrected chi connectivity index (χ1v) is 10.8. The molecule has 0 saturated carbocycles. The lowest BCUT2D eigenvalue weighted by Gasteiger charge is -2.08. The summed E-state index contributed by atoms with van der Waals surface area (Å²) in [5, 5.41) is 15.0. The summed E-state index contributed by atoms with van der Waals surface area (Å²) in [7, 11) is 0. The minimum atomic E-state index is -0.526. The number of nitro groups is 1. The lowest BCUT2D eigenvalue weighted by molar-refractivity contribution is -0.382. The van der Waals surface area contributed by atoms with Crippen LogP contribution in [0.1, 0.15) is 9.67 Å². The second-order valence-corrected chi connectivity index (χ2v) is 8.60. The third kappa shape index (κ3) is 3.48. The van der Waals surface area contributed by atoms with Crippen LogP contribution in [0.3, 0.4) is 0 Å². The molecule has 0 unspecified atom stereocenters. The van der Waals surface area contributed by atoms with Crippen LogP contribution in [0, 0.1) is 10.1 Å². The number of aromatic nitrogens is 1. The van der Waals surface area contributed by atoms with E-state index in [1.54, 1.807) is 24.3 Å². The monoisotopic (exact) mass is 483 g/mol. The predicted molar refractivity (Wildman–Crippen MR) is 126 cm³/mol. The summed E-state index contributed by atoms with van der Waals surface area (Å²) in [4.78, 5) is 28.4. The largest absolute Gasteiger partial charge is 0.436 e. The van der Waals surface area contributed by atoms with Gasteiger partial charge in [0.05, 0.1) is 20.7 Å². The van der Waals surface area contributed by atoms with E-state index < -0.39 is 10.8 Å². The molecule has 158 valence electrons. The molecule has 1 amide bonds. The quantitative estimate of drug-likeness (QED) is 0.215. The second kappa shape index (κ2) is 7.90. The lowest BCUT2D eigenvalue weighted by Crippen LogP contribution is -2.11. The number of oxazole rings is 1. The maximum Gasteiger partial charge on any atom is 0.287 e. The third-order valence-corrected chi connectivity index (χ3v) is 6.85. The number of benzene rings is 3. The molecule has 0 aliphatic carbocycles. The van der Waals surface area contributed by atoms with Crippen LogP contribution in [0.5, 0.6) is 0 Å². The molecule has 5 rings (SSSR count). The van der Waals surface area contributed by atoms with Gasteiger partial charge in [-0.1, -0.05) is 47.5 Å². The van der Waals surface area contributed by atoms with Crippen molar-refractivity contribution in [2.75, 3.05) is 5.32 Å². The van der Waals surface area contributed by atoms with Crippen molar-refractivity contribution in [1.29, 1.82) is 0 Å². The molecule has 7 nitrogen and oxygen atoms in total. The van der Waals surface area contributed by atoms with Crippen molar-refractivity contribution in [2.24, 2.45) is 0 Å². The molecular formula is C22H11Cl2N3O4S. The fourth-order valence-corrected chi connectivity index (χ4v) is 4.95. The number of halogens is 2. The molecule has 0 aliphatic heterocycles. The highest BCUT2D eigenvalue weighted by Crippen LogP contribution is 2.41. The Labute approximate surface area is 194 Å². The number of anilines is 1. The van der Waals surface area contributed by atoms with Crippen molar-refractivity contribution in [3.63, 3.8) is 0 Å². The Kier molecular flexibility index (Phi) is 5.05. The number of hydrogen-bond acceptors (Lipinski definition) is 6. The Hall–Kier alpha value is -3.46. The van der Waals surface area contributed by atoms with Crippen molar-refractivity contribution >= 4 is 73.0 Å². The molecule has 0 fully saturated rings. The van der Waals surface area contributed by atoms with Gasteiger partial charge < -0.3 is 9.73 Å². The van der Waals surface area contributed by atoms with Gasteiger partial charge in [-0.25, -0.2) is 4.98 Å². The summed E-state index contributed by atoms with van der Waals surface area (Å²) < 4.78 is 6.12. The predicted octanol–water partition coefficient (Wildman–Crippen LogP) is 7.18. The van der Waals surface area contributed by atoms with Gasteiger partial charge in [-0.05, 0) is 30.3 Å². The standard InChI is InChI=1S/C22H11Cl2N3O4S/c23-13-9-8-11(22-26-14-5-1-2-7-17(14)31-22)10-15(13)25-21(28)20-18(24)12-4-3-6-16(27(29)30)19(12)32-20/h1-10H,(H,25,28). The van der Waals surface area contributed by atoms with Gasteiger partial charge in [-0.2, -0.15) is 0 Å². The van der Waals surface area contributed by atoms with E-state index in [0.29, 0.717) is 43.4 Å². The maximum absolute atomic E-state index is 13.0. The Balaban J connectivity index is 1.51. The summed E-state index contributed by atoms with van der Waals surface area (Å²) >= 11 is 13.6. The molecule has 0 bridgehead atoms. The molecule has 5 aromatic rings. The highest BCUT2D eigenvalue weighted by Gasteiger charge is 2.23. The van der Waals surface area contributed by atoms with E-state index in [-0.39, 0.29) is 15.6 Å². The molecule has 2 aromatic heterocycles. The van der Waals surface area contributed by atoms with E-state index in [1.165, 1.54) is 12.1 Å². The van der Waals surface area contributed by atoms with Crippen LogP contribution < -0.4 is 5.32 Å². The molecule has 3 aromatic carbocycles. The number of non-ortho nitro benzene ring substituents is 1. The summed E-state index contributed by atoms with van der Waals surface area (Å²) in [5.74, 6) is -0.143. The van der Waals surface area contributed by atoms with Gasteiger partial charge in [0.25, 0.3) is 11.6 Å². The second-order valence-electron chi connectivity index (χ2n) is 6.79. The van der Waals surface area contributed by atoms with Crippen LogP contribution in [0.25, 0.3) is 32.6 Å². The summed E-state index contributed by atoms with van der Waals surface area (Å²) in [5.41, 5.74) is 2.20. The zero-order valence-corrected chi connectivity index (χ0v) is 18.3. The number of nitrogens with zero attached hydrogens (tertiary/aromatic N) is 2. The van der Waals surface area contributed by atoms with Crippen LogP contribution >= 0.6 is 34.5 Å². The van der Waals surface area contributed by atoms with Crippen molar-refractivity contribution in [3.8, 4) is 11.5 Å². The number of carbonyl (C=O) groups is 1. The zero-order chi connectivity index (χ0) is 22.4. The summed E-state index contributed by atoms with van der Waals surface area (Å²) in [6.07, 6.45) is 0. The number of para-hydroxylation sites is 2. The molecule has 0 atom stereocenters. The summed E-state index contributed by atoms with van der Waals surface area (Å²) in [6, 6.07) is 16.9. The number of thiophene rings is 1. The molecule has 1 N–H and O–H groups in total. The minimum absolute atomic E-state index is 0.107. The first-order valence-electron chi connectivity index (χ1n) is 9.24. The van der Waals surface area contributed by atoms with Gasteiger partial charge in [0.2, 0.25) is 5.89 Å². The van der Waals surface area contributed by atoms with Crippen LogP contribution in [0.4, 0.5) is 11.4 Å². The van der Waals surface area contributed by atoms with Gasteiger partial charge in [0.15, 0.2) is 5.58 Å². The van der Waals surface area contributed by atoms with E-state index in [4.69, 9.17) is 27.6 Å². The molecule has 0 radical (unpaired) electrons. The maximum atomic E-state index is 13.0. The first kappa shape index (κ1) is 20.4. The van der Waals surface area contributed by atoms with Gasteiger partial charge >= 0.3 is 0 Å². The Bertz CT molecular complexity index is 1510. The fraction of sp³-hybridized carbons (Fsp3) is 0. The third-order valence-electron chi connectivity index (χ3n) is 4.79. The van der Waals surface area contributed by atoms with Gasteiger partial charge in [-0.15, -0.1) is 11.3 Å². The van der Waals surface area contributed by atoms with Crippen LogP contribution in [0.2, 0.25) is 10.0 Å². The highest BCUT2D eigenvalue weighted by atomic mass is 35.5. The number of nitro benzene ring substituents is 1. The molecular weight excluding hydrogens is 473 g/mol. The number of rotatable bonds is 4. The van der Waals surface area contributed by atoms with E-state index >= 15 is 0 Å². The first-order chi connectivity index (χ1) is 15.4. The van der Waals surface area contributed by atoms with E-state index in [0.717, 1.165) is 11.3 Å². The van der Waals surface area contributed by atoms with E-state index in [9.17, 15) is 14.9 Å². The number of amides is 1. The average molecular weight is 484 g/mol. The Morgan fingerprint density at radius 2 is 1.91 bits per heavy atom. The highest BCUT2D eigenvalue weighted by molar-refractivity contribution is 7.22. The molecule has 0 aliphatic rings. The van der Waals surface area contributed by atoms with Gasteiger partial charge in [-0.3, -0.25) is 14.9 Å². The minimum Gasteiger partial charge on any atom is -0.436 e. The van der Waals surface area contributed by atoms with Crippen molar-refractivity contribution in [1.82, 2.24) is 4.98 Å². The zero-order valence-electron chi connectivity index (χ0n) is 16.0. The molecule has 0 saturated heterocycles. The number of hydrogen-bond donors (Lipinski definition) is 1. The number of carbonyl (C=O) groups excluding carboxylic acids is 1. The van der Waals surface area contributed by atoms with Gasteiger partial charge in [0, 0.05) is 17.0 Å². The van der Waals surface area contributed by atoms with Crippen LogP contribution in [-0.2, 0) is 0 Å². The van der Waals surface area contributed by atoms with Crippen LogP contribution in [0.15, 0.2) is 65.1 Å². The average Bonchev–Trinajstić information content (AvgIpc) is 3.36. The number of nitrogens with one attached hydrogen (secondary N) is 1. The fourth-order valence-electron chi connectivity index (χ4n) is 3.29. The SMILES string of the molecule is O=C(Nc1cc(-c2nc3ccccc3o2)ccc1Cl)c1sc2c([N+](=O)[O-])cccc2c1Cl. The lowest BCUT2D eigenvalue weighted by atomic mass is 10.2. The van der Waals surface area contributed by atoms with E-state index in [1.807, 2.05) is 24.3 Å². The topological polar surface area (TPSA) is 98.3 Å².